The molecule has 5 nitrogen and oxygen atoms in total. The van der Waals surface area contributed by atoms with Crippen molar-refractivity contribution in [2.45, 2.75) is 26.4 Å². The lowest BCUT2D eigenvalue weighted by molar-refractivity contribution is 0.0636. The average molecular weight is 347 g/mol. The van der Waals surface area contributed by atoms with Gasteiger partial charge in [-0.1, -0.05) is 17.7 Å². The van der Waals surface area contributed by atoms with E-state index in [0.717, 1.165) is 0 Å². The predicted octanol–water partition coefficient (Wildman–Crippen LogP) is 4.94. The molecule has 0 unspecified atom stereocenters. The van der Waals surface area contributed by atoms with Crippen LogP contribution in [0.1, 0.15) is 31.1 Å². The van der Waals surface area contributed by atoms with Crippen molar-refractivity contribution >= 4 is 35.0 Å². The van der Waals surface area contributed by atoms with E-state index in [9.17, 15) is 9.59 Å². The number of carbonyl (C=O) groups is 2. The van der Waals surface area contributed by atoms with Gasteiger partial charge in [0, 0.05) is 22.0 Å². The molecule has 0 aromatic heterocycles. The standard InChI is InChI=1S/C18H19ClN2O3/c1-18(2,3)24-17(23)21-14-9-7-12(8-10-14)16(22)20-15-6-4-5-13(19)11-15/h4-11H,1-3H3,(H,20,22)(H,21,23). The second kappa shape index (κ2) is 7.36. The molecule has 0 heterocycles. The fourth-order valence-electron chi connectivity index (χ4n) is 1.90. The second-order valence-electron chi connectivity index (χ2n) is 6.17. The van der Waals surface area contributed by atoms with Gasteiger partial charge in [0.05, 0.1) is 0 Å². The maximum atomic E-state index is 12.2. The molecule has 2 amide bonds. The van der Waals surface area contributed by atoms with Crippen molar-refractivity contribution in [3.8, 4) is 0 Å². The summed E-state index contributed by atoms with van der Waals surface area (Å²) in [5.74, 6) is -0.263. The summed E-state index contributed by atoms with van der Waals surface area (Å²) in [6.07, 6.45) is -0.543. The summed E-state index contributed by atoms with van der Waals surface area (Å²) in [4.78, 5) is 23.9. The van der Waals surface area contributed by atoms with Gasteiger partial charge in [0.1, 0.15) is 5.60 Å². The van der Waals surface area contributed by atoms with Gasteiger partial charge in [0.25, 0.3) is 5.91 Å². The van der Waals surface area contributed by atoms with E-state index in [1.807, 2.05) is 0 Å². The van der Waals surface area contributed by atoms with E-state index >= 15 is 0 Å². The SMILES string of the molecule is CC(C)(C)OC(=O)Nc1ccc(C(=O)Nc2cccc(Cl)c2)cc1. The van der Waals surface area contributed by atoms with Crippen molar-refractivity contribution in [3.05, 3.63) is 59.1 Å². The van der Waals surface area contributed by atoms with Crippen LogP contribution in [0.3, 0.4) is 0 Å². The molecule has 24 heavy (non-hydrogen) atoms. The van der Waals surface area contributed by atoms with Gasteiger partial charge in [-0.2, -0.15) is 0 Å². The van der Waals surface area contributed by atoms with Crippen LogP contribution in [0.2, 0.25) is 5.02 Å². The second-order valence-corrected chi connectivity index (χ2v) is 6.61. The highest BCUT2D eigenvalue weighted by molar-refractivity contribution is 6.30. The van der Waals surface area contributed by atoms with Crippen LogP contribution in [0.25, 0.3) is 0 Å². The quantitative estimate of drug-likeness (QED) is 0.827. The molecular formula is C18H19ClN2O3. The van der Waals surface area contributed by atoms with Crippen LogP contribution in [0, 0.1) is 0 Å². The summed E-state index contributed by atoms with van der Waals surface area (Å²) in [7, 11) is 0. The molecule has 2 rings (SSSR count). The third-order valence-corrected chi connectivity index (χ3v) is 3.11. The molecule has 0 atom stereocenters. The first-order chi connectivity index (χ1) is 11.2. The summed E-state index contributed by atoms with van der Waals surface area (Å²) >= 11 is 5.89. The Bertz CT molecular complexity index is 737. The molecule has 0 spiro atoms. The Kier molecular flexibility index (Phi) is 5.46. The summed E-state index contributed by atoms with van der Waals surface area (Å²) < 4.78 is 5.17. The summed E-state index contributed by atoms with van der Waals surface area (Å²) in [5, 5.41) is 5.91. The Morgan fingerprint density at radius 2 is 1.62 bits per heavy atom. The minimum atomic E-state index is -0.569. The molecule has 2 N–H and O–H groups in total. The van der Waals surface area contributed by atoms with Gasteiger partial charge in [-0.05, 0) is 63.2 Å². The van der Waals surface area contributed by atoms with Gasteiger partial charge in [0.2, 0.25) is 0 Å². The van der Waals surface area contributed by atoms with Gasteiger partial charge in [-0.25, -0.2) is 4.79 Å². The summed E-state index contributed by atoms with van der Waals surface area (Å²) in [6.45, 7) is 5.36. The highest BCUT2D eigenvalue weighted by Gasteiger charge is 2.16. The largest absolute Gasteiger partial charge is 0.444 e. The van der Waals surface area contributed by atoms with Crippen molar-refractivity contribution in [3.63, 3.8) is 0 Å². The molecule has 126 valence electrons. The monoisotopic (exact) mass is 346 g/mol. The summed E-state index contributed by atoms with van der Waals surface area (Å²) in [5.41, 5.74) is 1.05. The van der Waals surface area contributed by atoms with Gasteiger partial charge in [0.15, 0.2) is 0 Å². The van der Waals surface area contributed by atoms with Crippen molar-refractivity contribution in [2.24, 2.45) is 0 Å². The number of rotatable bonds is 3. The van der Waals surface area contributed by atoms with E-state index in [0.29, 0.717) is 22.0 Å². The van der Waals surface area contributed by atoms with E-state index in [1.54, 1.807) is 69.3 Å². The summed E-state index contributed by atoms with van der Waals surface area (Å²) in [6, 6.07) is 13.4. The van der Waals surface area contributed by atoms with Gasteiger partial charge in [-0.15, -0.1) is 0 Å². The zero-order valence-corrected chi connectivity index (χ0v) is 14.5. The van der Waals surface area contributed by atoms with Gasteiger partial charge >= 0.3 is 6.09 Å². The van der Waals surface area contributed by atoms with E-state index in [-0.39, 0.29) is 5.91 Å². The zero-order chi connectivity index (χ0) is 17.7. The van der Waals surface area contributed by atoms with Crippen LogP contribution in [-0.2, 0) is 4.74 Å². The van der Waals surface area contributed by atoms with Crippen molar-refractivity contribution in [1.29, 1.82) is 0 Å². The number of hydrogen-bond donors (Lipinski definition) is 2. The molecule has 0 fully saturated rings. The molecule has 6 heteroatoms. The molecule has 0 radical (unpaired) electrons. The number of anilines is 2. The van der Waals surface area contributed by atoms with Gasteiger partial charge < -0.3 is 10.1 Å². The number of benzene rings is 2. The smallest absolute Gasteiger partial charge is 0.412 e. The Hall–Kier alpha value is -2.53. The molecule has 2 aromatic rings. The van der Waals surface area contributed by atoms with E-state index < -0.39 is 11.7 Å². The lowest BCUT2D eigenvalue weighted by Crippen LogP contribution is -2.27. The number of hydrogen-bond acceptors (Lipinski definition) is 3. The topological polar surface area (TPSA) is 67.4 Å². The molecule has 0 aliphatic rings. The number of ether oxygens (including phenoxy) is 1. The number of halogens is 1. The first-order valence-corrected chi connectivity index (χ1v) is 7.78. The van der Waals surface area contributed by atoms with Crippen LogP contribution in [0.15, 0.2) is 48.5 Å². The molecule has 0 aliphatic heterocycles. The molecule has 0 saturated heterocycles. The normalized spacial score (nSPS) is 10.8. The molecule has 2 aromatic carbocycles. The van der Waals surface area contributed by atoms with Crippen molar-refractivity contribution in [1.82, 2.24) is 0 Å². The Balaban J connectivity index is 1.98. The maximum Gasteiger partial charge on any atom is 0.412 e. The number of carbonyl (C=O) groups excluding carboxylic acids is 2. The zero-order valence-electron chi connectivity index (χ0n) is 13.7. The highest BCUT2D eigenvalue weighted by Crippen LogP contribution is 2.17. The van der Waals surface area contributed by atoms with Crippen LogP contribution in [0.4, 0.5) is 16.2 Å². The maximum absolute atomic E-state index is 12.2. The predicted molar refractivity (Wildman–Crippen MR) is 95.7 cm³/mol. The van der Waals surface area contributed by atoms with Crippen LogP contribution in [0.5, 0.6) is 0 Å². The fourth-order valence-corrected chi connectivity index (χ4v) is 2.09. The van der Waals surface area contributed by atoms with Crippen LogP contribution in [-0.4, -0.2) is 17.6 Å². The molecule has 0 aliphatic carbocycles. The Morgan fingerprint density at radius 1 is 0.958 bits per heavy atom. The van der Waals surface area contributed by atoms with Crippen molar-refractivity contribution < 1.29 is 14.3 Å². The fraction of sp³-hybridized carbons (Fsp3) is 0.222. The first kappa shape index (κ1) is 17.8. The lowest BCUT2D eigenvalue weighted by atomic mass is 10.2. The number of nitrogens with one attached hydrogen (secondary N) is 2. The third kappa shape index (κ3) is 5.59. The lowest BCUT2D eigenvalue weighted by Gasteiger charge is -2.19. The van der Waals surface area contributed by atoms with Crippen LogP contribution >= 0.6 is 11.6 Å². The molecule has 0 bridgehead atoms. The minimum Gasteiger partial charge on any atom is -0.444 e. The minimum absolute atomic E-state index is 0.263. The third-order valence-electron chi connectivity index (χ3n) is 2.87. The van der Waals surface area contributed by atoms with Crippen molar-refractivity contribution in [2.75, 3.05) is 10.6 Å². The van der Waals surface area contributed by atoms with E-state index in [2.05, 4.69) is 10.6 Å². The Labute approximate surface area is 146 Å². The van der Waals surface area contributed by atoms with Crippen LogP contribution < -0.4 is 10.6 Å². The average Bonchev–Trinajstić information content (AvgIpc) is 2.45. The van der Waals surface area contributed by atoms with Gasteiger partial charge in [-0.3, -0.25) is 10.1 Å². The number of amides is 2. The first-order valence-electron chi connectivity index (χ1n) is 7.40. The Morgan fingerprint density at radius 3 is 2.21 bits per heavy atom. The van der Waals surface area contributed by atoms with E-state index in [4.69, 9.17) is 16.3 Å². The molecular weight excluding hydrogens is 328 g/mol. The molecule has 0 saturated carbocycles. The van der Waals surface area contributed by atoms with E-state index in [1.165, 1.54) is 0 Å². The highest BCUT2D eigenvalue weighted by atomic mass is 35.5.